The number of carbonyl (C=O) groups excluding carboxylic acids is 1. The van der Waals surface area contributed by atoms with Crippen LogP contribution in [0, 0.1) is 6.92 Å². The first kappa shape index (κ1) is 18.0. The maximum atomic E-state index is 12.5. The van der Waals surface area contributed by atoms with Crippen LogP contribution in [-0.2, 0) is 20.3 Å². The number of rotatable bonds is 6. The molecule has 3 rings (SSSR count). The minimum absolute atomic E-state index is 0.157. The number of hydrogen-bond donors (Lipinski definition) is 0. The number of hydrogen-bond acceptors (Lipinski definition) is 4. The molecule has 0 aliphatic carbocycles. The topological polar surface area (TPSA) is 65.2 Å². The van der Waals surface area contributed by atoms with Gasteiger partial charge in [-0.2, -0.15) is 10.2 Å². The molecule has 0 saturated carbocycles. The highest BCUT2D eigenvalue weighted by Gasteiger charge is 2.15. The third kappa shape index (κ3) is 4.23. The molecule has 0 saturated heterocycles. The molecule has 0 unspecified atom stereocenters. The number of ether oxygens (including phenoxy) is 1. The number of nitrogens with zero attached hydrogens (tertiary/aromatic N) is 5. The van der Waals surface area contributed by atoms with Gasteiger partial charge in [0.2, 0.25) is 0 Å². The van der Waals surface area contributed by atoms with Crippen LogP contribution in [0.15, 0.2) is 42.9 Å². The second-order valence-corrected chi connectivity index (χ2v) is 6.52. The number of benzene rings is 1. The van der Waals surface area contributed by atoms with E-state index in [2.05, 4.69) is 10.2 Å². The van der Waals surface area contributed by atoms with Gasteiger partial charge in [-0.05, 0) is 36.8 Å². The average Bonchev–Trinajstić information content (AvgIpc) is 3.24. The van der Waals surface area contributed by atoms with Crippen molar-refractivity contribution in [1.82, 2.24) is 24.5 Å². The lowest BCUT2D eigenvalue weighted by Gasteiger charge is -2.14. The van der Waals surface area contributed by atoms with Crippen LogP contribution in [0.3, 0.4) is 0 Å². The van der Waals surface area contributed by atoms with Crippen molar-refractivity contribution in [2.24, 2.45) is 7.05 Å². The lowest BCUT2D eigenvalue weighted by atomic mass is 10.2. The number of carbonyl (C=O) groups is 1. The maximum Gasteiger partial charge on any atom is 0.274 e. The van der Waals surface area contributed by atoms with Gasteiger partial charge in [-0.3, -0.25) is 9.48 Å². The molecule has 8 heteroatoms. The number of aromatic nitrogens is 4. The van der Waals surface area contributed by atoms with E-state index in [1.54, 1.807) is 51.9 Å². The van der Waals surface area contributed by atoms with Crippen LogP contribution in [0.1, 0.15) is 21.6 Å². The van der Waals surface area contributed by atoms with Gasteiger partial charge in [0.25, 0.3) is 5.91 Å². The summed E-state index contributed by atoms with van der Waals surface area (Å²) in [4.78, 5) is 14.1. The van der Waals surface area contributed by atoms with Crippen LogP contribution >= 0.6 is 11.6 Å². The van der Waals surface area contributed by atoms with E-state index < -0.39 is 0 Å². The minimum Gasteiger partial charge on any atom is -0.471 e. The fourth-order valence-electron chi connectivity index (χ4n) is 2.49. The van der Waals surface area contributed by atoms with E-state index in [1.165, 1.54) is 0 Å². The molecule has 0 aliphatic rings. The van der Waals surface area contributed by atoms with Crippen molar-refractivity contribution >= 4 is 17.5 Å². The van der Waals surface area contributed by atoms with E-state index >= 15 is 0 Å². The molecule has 0 N–H and O–H groups in total. The van der Waals surface area contributed by atoms with Crippen molar-refractivity contribution < 1.29 is 9.53 Å². The highest BCUT2D eigenvalue weighted by Crippen LogP contribution is 2.21. The highest BCUT2D eigenvalue weighted by molar-refractivity contribution is 6.31. The van der Waals surface area contributed by atoms with Gasteiger partial charge in [-0.1, -0.05) is 11.6 Å². The van der Waals surface area contributed by atoms with Gasteiger partial charge in [0.05, 0.1) is 6.20 Å². The Morgan fingerprint density at radius 1 is 1.35 bits per heavy atom. The first-order chi connectivity index (χ1) is 12.4. The zero-order chi connectivity index (χ0) is 18.7. The van der Waals surface area contributed by atoms with Crippen LogP contribution in [0.2, 0.25) is 5.02 Å². The second-order valence-electron chi connectivity index (χ2n) is 6.11. The number of halogens is 1. The van der Waals surface area contributed by atoms with Crippen molar-refractivity contribution in [3.63, 3.8) is 0 Å². The molecule has 0 spiro atoms. The fourth-order valence-corrected chi connectivity index (χ4v) is 2.61. The lowest BCUT2D eigenvalue weighted by Crippen LogP contribution is -2.26. The summed E-state index contributed by atoms with van der Waals surface area (Å²) < 4.78 is 8.97. The zero-order valence-electron chi connectivity index (χ0n) is 14.9. The Labute approximate surface area is 156 Å². The molecular formula is C18H20ClN5O2. The predicted octanol–water partition coefficient (Wildman–Crippen LogP) is 2.89. The van der Waals surface area contributed by atoms with Crippen LogP contribution in [0.4, 0.5) is 0 Å². The van der Waals surface area contributed by atoms with Gasteiger partial charge in [0.15, 0.2) is 12.4 Å². The van der Waals surface area contributed by atoms with E-state index in [9.17, 15) is 4.79 Å². The van der Waals surface area contributed by atoms with E-state index in [4.69, 9.17) is 16.3 Å². The summed E-state index contributed by atoms with van der Waals surface area (Å²) in [6, 6.07) is 7.13. The predicted molar refractivity (Wildman–Crippen MR) is 98.0 cm³/mol. The molecule has 136 valence electrons. The van der Waals surface area contributed by atoms with Gasteiger partial charge >= 0.3 is 0 Å². The second kappa shape index (κ2) is 7.61. The van der Waals surface area contributed by atoms with Gasteiger partial charge in [-0.25, -0.2) is 4.68 Å². The van der Waals surface area contributed by atoms with E-state index in [0.717, 1.165) is 11.1 Å². The Kier molecular flexibility index (Phi) is 5.27. The first-order valence-electron chi connectivity index (χ1n) is 8.08. The van der Waals surface area contributed by atoms with Crippen LogP contribution in [0.5, 0.6) is 5.75 Å². The average molecular weight is 374 g/mol. The molecule has 3 aromatic rings. The summed E-state index contributed by atoms with van der Waals surface area (Å²) >= 11 is 6.00. The van der Waals surface area contributed by atoms with Gasteiger partial charge in [0, 0.05) is 43.6 Å². The molecule has 26 heavy (non-hydrogen) atoms. The van der Waals surface area contributed by atoms with Crippen molar-refractivity contribution in [2.45, 2.75) is 20.2 Å². The Hall–Kier alpha value is -2.80. The number of aryl methyl sites for hydroxylation is 2. The van der Waals surface area contributed by atoms with E-state index in [-0.39, 0.29) is 12.6 Å². The van der Waals surface area contributed by atoms with Gasteiger partial charge < -0.3 is 9.64 Å². The Balaban J connectivity index is 1.59. The minimum atomic E-state index is -0.157. The van der Waals surface area contributed by atoms with Crippen LogP contribution in [0.25, 0.3) is 0 Å². The molecule has 7 nitrogen and oxygen atoms in total. The van der Waals surface area contributed by atoms with Crippen molar-refractivity contribution in [1.29, 1.82) is 0 Å². The van der Waals surface area contributed by atoms with Gasteiger partial charge in [-0.15, -0.1) is 0 Å². The highest BCUT2D eigenvalue weighted by atomic mass is 35.5. The molecule has 1 amide bonds. The summed E-state index contributed by atoms with van der Waals surface area (Å²) in [5.74, 6) is 0.541. The molecule has 0 fully saturated rings. The smallest absolute Gasteiger partial charge is 0.274 e. The fraction of sp³-hybridized carbons (Fsp3) is 0.278. The monoisotopic (exact) mass is 373 g/mol. The third-order valence-corrected chi connectivity index (χ3v) is 4.30. The van der Waals surface area contributed by atoms with Crippen LogP contribution in [-0.4, -0.2) is 37.4 Å². The van der Waals surface area contributed by atoms with Crippen molar-refractivity contribution in [3.05, 3.63) is 64.7 Å². The molecule has 2 heterocycles. The SMILES string of the molecule is Cc1cc(OCn2ccc(C(=O)N(C)Cc3cnn(C)c3)n2)ccc1Cl. The zero-order valence-corrected chi connectivity index (χ0v) is 15.6. The molecular weight excluding hydrogens is 354 g/mol. The molecule has 0 atom stereocenters. The summed E-state index contributed by atoms with van der Waals surface area (Å²) in [6.07, 6.45) is 5.34. The maximum absolute atomic E-state index is 12.5. The largest absolute Gasteiger partial charge is 0.471 e. The summed E-state index contributed by atoms with van der Waals surface area (Å²) in [5.41, 5.74) is 2.27. The standard InChI is InChI=1S/C18H20ClN5O2/c1-13-8-15(4-5-16(13)19)26-12-24-7-6-17(21-24)18(25)22(2)10-14-9-20-23(3)11-14/h4-9,11H,10,12H2,1-3H3. The first-order valence-corrected chi connectivity index (χ1v) is 8.45. The molecule has 2 aromatic heterocycles. The number of amides is 1. The molecule has 0 aliphatic heterocycles. The lowest BCUT2D eigenvalue weighted by molar-refractivity contribution is 0.0777. The Bertz CT molecular complexity index is 918. The summed E-state index contributed by atoms with van der Waals surface area (Å²) in [6.45, 7) is 2.60. The molecule has 0 radical (unpaired) electrons. The molecule has 0 bridgehead atoms. The molecule has 1 aromatic carbocycles. The Morgan fingerprint density at radius 2 is 2.15 bits per heavy atom. The van der Waals surface area contributed by atoms with Crippen molar-refractivity contribution in [2.75, 3.05) is 7.05 Å². The normalized spacial score (nSPS) is 10.8. The summed E-state index contributed by atoms with van der Waals surface area (Å²) in [5, 5.41) is 9.09. The van der Waals surface area contributed by atoms with Gasteiger partial charge in [0.1, 0.15) is 5.75 Å². The quantitative estimate of drug-likeness (QED) is 0.666. The van der Waals surface area contributed by atoms with E-state index in [1.807, 2.05) is 26.2 Å². The van der Waals surface area contributed by atoms with Crippen LogP contribution < -0.4 is 4.74 Å². The van der Waals surface area contributed by atoms with E-state index in [0.29, 0.717) is 23.0 Å². The summed E-state index contributed by atoms with van der Waals surface area (Å²) in [7, 11) is 3.58. The third-order valence-electron chi connectivity index (χ3n) is 3.88. The van der Waals surface area contributed by atoms with Crippen molar-refractivity contribution in [3.8, 4) is 5.75 Å². The Morgan fingerprint density at radius 3 is 2.85 bits per heavy atom.